The van der Waals surface area contributed by atoms with E-state index in [9.17, 15) is 0 Å². The largest absolute Gasteiger partial charge is 0.381 e. The van der Waals surface area contributed by atoms with Gasteiger partial charge in [-0.05, 0) is 48.9 Å². The molecule has 0 unspecified atom stereocenters. The van der Waals surface area contributed by atoms with E-state index < -0.39 is 0 Å². The van der Waals surface area contributed by atoms with Crippen LogP contribution in [0.4, 0.5) is 0 Å². The first-order valence-electron chi connectivity index (χ1n) is 7.37. The van der Waals surface area contributed by atoms with Gasteiger partial charge in [-0.3, -0.25) is 4.68 Å². The third-order valence-corrected chi connectivity index (χ3v) is 4.10. The molecule has 4 heteroatoms. The van der Waals surface area contributed by atoms with Crippen LogP contribution in [0.25, 0.3) is 11.1 Å². The Hall–Kier alpha value is -2.12. The Labute approximate surface area is 125 Å². The van der Waals surface area contributed by atoms with Crippen molar-refractivity contribution in [3.8, 4) is 17.2 Å². The Balaban J connectivity index is 1.80. The van der Waals surface area contributed by atoms with Gasteiger partial charge < -0.3 is 4.74 Å². The maximum Gasteiger partial charge on any atom is 0.0991 e. The van der Waals surface area contributed by atoms with Crippen molar-refractivity contribution in [3.63, 3.8) is 0 Å². The molecule has 0 aliphatic carbocycles. The van der Waals surface area contributed by atoms with Crippen LogP contribution in [0.15, 0.2) is 30.6 Å². The summed E-state index contributed by atoms with van der Waals surface area (Å²) in [5.41, 5.74) is 4.02. The van der Waals surface area contributed by atoms with Crippen LogP contribution < -0.4 is 0 Å². The molecule has 1 aromatic heterocycles. The van der Waals surface area contributed by atoms with Crippen LogP contribution in [0.5, 0.6) is 0 Å². The fourth-order valence-corrected chi connectivity index (χ4v) is 2.80. The van der Waals surface area contributed by atoms with Crippen LogP contribution in [0.1, 0.15) is 24.0 Å². The SMILES string of the molecule is Cc1ccc(C#N)cc1-c1cnn(CC2CCOCC2)c1. The highest BCUT2D eigenvalue weighted by atomic mass is 16.5. The summed E-state index contributed by atoms with van der Waals surface area (Å²) < 4.78 is 7.41. The molecule has 1 aromatic carbocycles. The minimum absolute atomic E-state index is 0.651. The fraction of sp³-hybridized carbons (Fsp3) is 0.412. The summed E-state index contributed by atoms with van der Waals surface area (Å²) in [6.07, 6.45) is 6.19. The lowest BCUT2D eigenvalue weighted by Crippen LogP contribution is -2.20. The Kier molecular flexibility index (Phi) is 4.03. The average Bonchev–Trinajstić information content (AvgIpc) is 2.97. The number of nitrogens with zero attached hydrogens (tertiary/aromatic N) is 3. The van der Waals surface area contributed by atoms with Gasteiger partial charge in [0.25, 0.3) is 0 Å². The van der Waals surface area contributed by atoms with E-state index in [1.54, 1.807) is 0 Å². The van der Waals surface area contributed by atoms with Gasteiger partial charge in [0.2, 0.25) is 0 Å². The molecule has 0 radical (unpaired) electrons. The average molecular weight is 281 g/mol. The molecule has 2 aromatic rings. The van der Waals surface area contributed by atoms with E-state index in [1.165, 1.54) is 5.56 Å². The minimum atomic E-state index is 0.651. The molecular formula is C17H19N3O. The number of nitriles is 1. The van der Waals surface area contributed by atoms with Crippen molar-refractivity contribution < 1.29 is 4.74 Å². The molecular weight excluding hydrogens is 262 g/mol. The highest BCUT2D eigenvalue weighted by molar-refractivity contribution is 5.67. The van der Waals surface area contributed by atoms with Crippen molar-refractivity contribution in [2.75, 3.05) is 13.2 Å². The summed E-state index contributed by atoms with van der Waals surface area (Å²) in [6, 6.07) is 7.97. The van der Waals surface area contributed by atoms with Crippen molar-refractivity contribution >= 4 is 0 Å². The molecule has 21 heavy (non-hydrogen) atoms. The van der Waals surface area contributed by atoms with E-state index in [2.05, 4.69) is 24.3 Å². The van der Waals surface area contributed by atoms with Crippen molar-refractivity contribution in [3.05, 3.63) is 41.7 Å². The first-order valence-corrected chi connectivity index (χ1v) is 7.37. The van der Waals surface area contributed by atoms with Gasteiger partial charge >= 0.3 is 0 Å². The molecule has 0 N–H and O–H groups in total. The predicted molar refractivity (Wildman–Crippen MR) is 80.7 cm³/mol. The van der Waals surface area contributed by atoms with Gasteiger partial charge in [0.15, 0.2) is 0 Å². The van der Waals surface area contributed by atoms with Crippen molar-refractivity contribution in [2.45, 2.75) is 26.3 Å². The summed E-state index contributed by atoms with van der Waals surface area (Å²) in [5, 5.41) is 13.5. The number of hydrogen-bond donors (Lipinski definition) is 0. The van der Waals surface area contributed by atoms with Crippen molar-refractivity contribution in [1.82, 2.24) is 9.78 Å². The molecule has 1 aliphatic heterocycles. The van der Waals surface area contributed by atoms with Crippen molar-refractivity contribution in [1.29, 1.82) is 5.26 Å². The first kappa shape index (κ1) is 13.8. The summed E-state index contributed by atoms with van der Waals surface area (Å²) in [7, 11) is 0. The monoisotopic (exact) mass is 281 g/mol. The summed E-state index contributed by atoms with van der Waals surface area (Å²) in [6.45, 7) is 4.73. The molecule has 1 saturated heterocycles. The first-order chi connectivity index (χ1) is 10.3. The lowest BCUT2D eigenvalue weighted by Gasteiger charge is -2.21. The van der Waals surface area contributed by atoms with Crippen LogP contribution in [-0.2, 0) is 11.3 Å². The van der Waals surface area contributed by atoms with E-state index in [0.717, 1.165) is 43.7 Å². The van der Waals surface area contributed by atoms with Gasteiger partial charge in [-0.1, -0.05) is 6.07 Å². The number of aromatic nitrogens is 2. The van der Waals surface area contributed by atoms with Gasteiger partial charge in [-0.15, -0.1) is 0 Å². The van der Waals surface area contributed by atoms with Gasteiger partial charge in [0.1, 0.15) is 0 Å². The summed E-state index contributed by atoms with van der Waals surface area (Å²) >= 11 is 0. The third kappa shape index (κ3) is 3.14. The maximum atomic E-state index is 9.04. The topological polar surface area (TPSA) is 50.8 Å². The molecule has 1 aliphatic rings. The molecule has 3 rings (SSSR count). The molecule has 2 heterocycles. The van der Waals surface area contributed by atoms with E-state index >= 15 is 0 Å². The molecule has 4 nitrogen and oxygen atoms in total. The molecule has 0 amide bonds. The highest BCUT2D eigenvalue weighted by Gasteiger charge is 2.15. The fourth-order valence-electron chi connectivity index (χ4n) is 2.80. The molecule has 0 spiro atoms. The zero-order valence-corrected chi connectivity index (χ0v) is 12.2. The van der Waals surface area contributed by atoms with Gasteiger partial charge in [0, 0.05) is 31.5 Å². The lowest BCUT2D eigenvalue weighted by atomic mass is 10.00. The third-order valence-electron chi connectivity index (χ3n) is 4.10. The van der Waals surface area contributed by atoms with Crippen LogP contribution in [-0.4, -0.2) is 23.0 Å². The van der Waals surface area contributed by atoms with Crippen LogP contribution in [0.2, 0.25) is 0 Å². The second kappa shape index (κ2) is 6.11. The number of benzene rings is 1. The quantitative estimate of drug-likeness (QED) is 0.868. The Bertz CT molecular complexity index is 663. The van der Waals surface area contributed by atoms with Crippen LogP contribution >= 0.6 is 0 Å². The zero-order chi connectivity index (χ0) is 14.7. The van der Waals surface area contributed by atoms with Gasteiger partial charge in [0.05, 0.1) is 17.8 Å². The van der Waals surface area contributed by atoms with E-state index in [4.69, 9.17) is 10.00 Å². The maximum absolute atomic E-state index is 9.04. The zero-order valence-electron chi connectivity index (χ0n) is 12.2. The van der Waals surface area contributed by atoms with E-state index in [-0.39, 0.29) is 0 Å². The second-order valence-electron chi connectivity index (χ2n) is 5.65. The summed E-state index contributed by atoms with van der Waals surface area (Å²) in [4.78, 5) is 0. The second-order valence-corrected chi connectivity index (χ2v) is 5.65. The standard InChI is InChI=1S/C17H19N3O/c1-13-2-3-15(9-18)8-17(13)16-10-19-20(12-16)11-14-4-6-21-7-5-14/h2-3,8,10,12,14H,4-7,11H2,1H3. The number of rotatable bonds is 3. The molecule has 0 saturated carbocycles. The molecule has 108 valence electrons. The predicted octanol–water partition coefficient (Wildman–Crippen LogP) is 3.16. The van der Waals surface area contributed by atoms with Crippen LogP contribution in [0, 0.1) is 24.2 Å². The Morgan fingerprint density at radius 1 is 1.38 bits per heavy atom. The van der Waals surface area contributed by atoms with Crippen LogP contribution in [0.3, 0.4) is 0 Å². The highest BCUT2D eigenvalue weighted by Crippen LogP contribution is 2.25. The van der Waals surface area contributed by atoms with Gasteiger partial charge in [-0.2, -0.15) is 10.4 Å². The molecule has 1 fully saturated rings. The lowest BCUT2D eigenvalue weighted by molar-refractivity contribution is 0.0601. The molecule has 0 bridgehead atoms. The van der Waals surface area contributed by atoms with Crippen molar-refractivity contribution in [2.24, 2.45) is 5.92 Å². The number of aryl methyl sites for hydroxylation is 1. The molecule has 0 atom stereocenters. The Morgan fingerprint density at radius 3 is 2.95 bits per heavy atom. The smallest absolute Gasteiger partial charge is 0.0991 e. The summed E-state index contributed by atoms with van der Waals surface area (Å²) in [5.74, 6) is 0.651. The number of hydrogen-bond acceptors (Lipinski definition) is 3. The number of ether oxygens (including phenoxy) is 1. The minimum Gasteiger partial charge on any atom is -0.381 e. The van der Waals surface area contributed by atoms with E-state index in [1.807, 2.05) is 29.1 Å². The van der Waals surface area contributed by atoms with Gasteiger partial charge in [-0.25, -0.2) is 0 Å². The normalized spacial score (nSPS) is 15.8. The van der Waals surface area contributed by atoms with E-state index in [0.29, 0.717) is 11.5 Å². The Morgan fingerprint density at radius 2 is 2.19 bits per heavy atom.